The van der Waals surface area contributed by atoms with Crippen LogP contribution in [0.15, 0.2) is 11.0 Å². The first kappa shape index (κ1) is 15.2. The van der Waals surface area contributed by atoms with Gasteiger partial charge in [0.15, 0.2) is 0 Å². The molecule has 1 rings (SSSR count). The molecule has 8 heteroatoms. The molecule has 1 aromatic heterocycles. The standard InChI is InChI=1S/C9H14Cl2N2O2S2/c1-13(2)5-3-4-12-17(14,15)7-6-8(10)16-9(7)11/h6,12H,3-5H2,1-2H3/p+1. The summed E-state index contributed by atoms with van der Waals surface area (Å²) in [5, 5.41) is 0. The zero-order chi connectivity index (χ0) is 13.1. The SMILES string of the molecule is C[NH+](C)CCCNS(=O)(=O)c1cc(Cl)sc1Cl. The summed E-state index contributed by atoms with van der Waals surface area (Å²) in [6, 6.07) is 1.37. The molecule has 0 aliphatic heterocycles. The van der Waals surface area contributed by atoms with Crippen molar-refractivity contribution in [2.75, 3.05) is 27.2 Å². The van der Waals surface area contributed by atoms with Gasteiger partial charge in [0.25, 0.3) is 0 Å². The quantitative estimate of drug-likeness (QED) is 0.765. The maximum atomic E-state index is 11.9. The van der Waals surface area contributed by atoms with Crippen LogP contribution in [-0.2, 0) is 10.0 Å². The number of rotatable bonds is 6. The molecular formula is C9H15Cl2N2O2S2+. The van der Waals surface area contributed by atoms with Gasteiger partial charge in [-0.3, -0.25) is 0 Å². The Morgan fingerprint density at radius 1 is 1.41 bits per heavy atom. The van der Waals surface area contributed by atoms with E-state index in [2.05, 4.69) is 4.72 Å². The first-order valence-electron chi connectivity index (χ1n) is 5.06. The van der Waals surface area contributed by atoms with Crippen molar-refractivity contribution >= 4 is 44.6 Å². The summed E-state index contributed by atoms with van der Waals surface area (Å²) >= 11 is 12.6. The number of sulfonamides is 1. The van der Waals surface area contributed by atoms with Crippen LogP contribution in [0.1, 0.15) is 6.42 Å². The van der Waals surface area contributed by atoms with Crippen molar-refractivity contribution in [1.82, 2.24) is 4.72 Å². The maximum Gasteiger partial charge on any atom is 0.242 e. The third-order valence-electron chi connectivity index (χ3n) is 2.06. The van der Waals surface area contributed by atoms with Crippen molar-refractivity contribution in [3.05, 3.63) is 14.7 Å². The van der Waals surface area contributed by atoms with Gasteiger partial charge < -0.3 is 4.90 Å². The van der Waals surface area contributed by atoms with Crippen LogP contribution in [0, 0.1) is 0 Å². The van der Waals surface area contributed by atoms with E-state index in [1.54, 1.807) is 0 Å². The first-order valence-corrected chi connectivity index (χ1v) is 8.12. The zero-order valence-corrected chi connectivity index (χ0v) is 12.7. The Labute approximate surface area is 116 Å². The van der Waals surface area contributed by atoms with Crippen LogP contribution in [0.3, 0.4) is 0 Å². The Morgan fingerprint density at radius 2 is 2.06 bits per heavy atom. The van der Waals surface area contributed by atoms with E-state index in [4.69, 9.17) is 23.2 Å². The summed E-state index contributed by atoms with van der Waals surface area (Å²) in [7, 11) is 0.502. The van der Waals surface area contributed by atoms with Gasteiger partial charge in [-0.15, -0.1) is 11.3 Å². The van der Waals surface area contributed by atoms with Gasteiger partial charge >= 0.3 is 0 Å². The van der Waals surface area contributed by atoms with Crippen molar-refractivity contribution in [2.24, 2.45) is 0 Å². The second kappa shape index (κ2) is 6.36. The molecule has 17 heavy (non-hydrogen) atoms. The molecular weight excluding hydrogens is 303 g/mol. The average Bonchev–Trinajstić information content (AvgIpc) is 2.53. The minimum Gasteiger partial charge on any atom is -0.340 e. The molecule has 0 fully saturated rings. The summed E-state index contributed by atoms with van der Waals surface area (Å²) in [5.74, 6) is 0. The molecule has 0 amide bonds. The molecule has 1 aromatic rings. The Bertz CT molecular complexity index is 471. The molecule has 0 saturated carbocycles. The number of hydrogen-bond acceptors (Lipinski definition) is 3. The lowest BCUT2D eigenvalue weighted by Crippen LogP contribution is -3.05. The second-order valence-electron chi connectivity index (χ2n) is 3.90. The second-order valence-corrected chi connectivity index (χ2v) is 7.92. The highest BCUT2D eigenvalue weighted by Gasteiger charge is 2.20. The van der Waals surface area contributed by atoms with Gasteiger partial charge in [-0.1, -0.05) is 23.2 Å². The van der Waals surface area contributed by atoms with Crippen molar-refractivity contribution in [2.45, 2.75) is 11.3 Å². The van der Waals surface area contributed by atoms with Gasteiger partial charge in [0.2, 0.25) is 10.0 Å². The summed E-state index contributed by atoms with van der Waals surface area (Å²) in [6.07, 6.45) is 0.775. The maximum absolute atomic E-state index is 11.9. The molecule has 0 aliphatic carbocycles. The van der Waals surface area contributed by atoms with Crippen LogP contribution in [0.2, 0.25) is 8.67 Å². The highest BCUT2D eigenvalue weighted by Crippen LogP contribution is 2.33. The summed E-state index contributed by atoms with van der Waals surface area (Å²) in [5.41, 5.74) is 0. The Balaban J connectivity index is 2.60. The van der Waals surface area contributed by atoms with E-state index in [1.165, 1.54) is 11.0 Å². The van der Waals surface area contributed by atoms with Crippen molar-refractivity contribution < 1.29 is 13.3 Å². The smallest absolute Gasteiger partial charge is 0.242 e. The highest BCUT2D eigenvalue weighted by molar-refractivity contribution is 7.89. The van der Waals surface area contributed by atoms with Gasteiger partial charge in [0, 0.05) is 13.0 Å². The van der Waals surface area contributed by atoms with Crippen LogP contribution in [0.25, 0.3) is 0 Å². The fourth-order valence-corrected chi connectivity index (χ4v) is 4.46. The molecule has 0 spiro atoms. The number of thiophene rings is 1. The van der Waals surface area contributed by atoms with E-state index in [0.717, 1.165) is 24.3 Å². The van der Waals surface area contributed by atoms with Gasteiger partial charge in [0.1, 0.15) is 9.23 Å². The van der Waals surface area contributed by atoms with Crippen LogP contribution in [-0.4, -0.2) is 35.6 Å². The largest absolute Gasteiger partial charge is 0.340 e. The Morgan fingerprint density at radius 3 is 2.53 bits per heavy atom. The monoisotopic (exact) mass is 317 g/mol. The Hall–Kier alpha value is 0.150. The molecule has 2 N–H and O–H groups in total. The topological polar surface area (TPSA) is 50.6 Å². The van der Waals surface area contributed by atoms with Gasteiger partial charge in [-0.05, 0) is 6.07 Å². The summed E-state index contributed by atoms with van der Waals surface area (Å²) < 4.78 is 26.8. The third-order valence-corrected chi connectivity index (χ3v) is 5.27. The van der Waals surface area contributed by atoms with Crippen molar-refractivity contribution in [1.29, 1.82) is 0 Å². The fraction of sp³-hybridized carbons (Fsp3) is 0.556. The minimum atomic E-state index is -3.53. The molecule has 0 bridgehead atoms. The van der Waals surface area contributed by atoms with E-state index < -0.39 is 10.0 Å². The molecule has 98 valence electrons. The van der Waals surface area contributed by atoms with Crippen LogP contribution < -0.4 is 9.62 Å². The van der Waals surface area contributed by atoms with Crippen LogP contribution in [0.4, 0.5) is 0 Å². The fourth-order valence-electron chi connectivity index (χ4n) is 1.23. The Kier molecular flexibility index (Phi) is 5.69. The summed E-state index contributed by atoms with van der Waals surface area (Å²) in [6.45, 7) is 1.30. The minimum absolute atomic E-state index is 0.0615. The molecule has 0 unspecified atom stereocenters. The lowest BCUT2D eigenvalue weighted by molar-refractivity contribution is -0.858. The number of halogens is 2. The van der Waals surface area contributed by atoms with Crippen molar-refractivity contribution in [3.8, 4) is 0 Å². The van der Waals surface area contributed by atoms with E-state index >= 15 is 0 Å². The van der Waals surface area contributed by atoms with Crippen molar-refractivity contribution in [3.63, 3.8) is 0 Å². The average molecular weight is 318 g/mol. The van der Waals surface area contributed by atoms with Gasteiger partial charge in [-0.2, -0.15) is 0 Å². The van der Waals surface area contributed by atoms with Crippen LogP contribution in [0.5, 0.6) is 0 Å². The molecule has 0 radical (unpaired) electrons. The van der Waals surface area contributed by atoms with E-state index in [1.807, 2.05) is 14.1 Å². The number of nitrogens with one attached hydrogen (secondary N) is 2. The summed E-state index contributed by atoms with van der Waals surface area (Å²) in [4.78, 5) is 1.34. The normalized spacial score (nSPS) is 12.3. The lowest BCUT2D eigenvalue weighted by Gasteiger charge is -2.08. The van der Waals surface area contributed by atoms with Gasteiger partial charge in [0.05, 0.1) is 25.0 Å². The molecule has 0 saturated heterocycles. The molecule has 0 atom stereocenters. The van der Waals surface area contributed by atoms with E-state index in [0.29, 0.717) is 10.9 Å². The van der Waals surface area contributed by atoms with E-state index in [-0.39, 0.29) is 9.23 Å². The van der Waals surface area contributed by atoms with Crippen LogP contribution >= 0.6 is 34.5 Å². The zero-order valence-electron chi connectivity index (χ0n) is 9.59. The molecule has 0 aliphatic rings. The van der Waals surface area contributed by atoms with Gasteiger partial charge in [-0.25, -0.2) is 13.1 Å². The lowest BCUT2D eigenvalue weighted by atomic mass is 10.4. The molecule has 1 heterocycles. The first-order chi connectivity index (χ1) is 7.83. The highest BCUT2D eigenvalue weighted by atomic mass is 35.5. The molecule has 0 aromatic carbocycles. The van der Waals surface area contributed by atoms with E-state index in [9.17, 15) is 8.42 Å². The number of quaternary nitrogens is 1. The number of hydrogen-bond donors (Lipinski definition) is 2. The predicted octanol–water partition coefficient (Wildman–Crippen LogP) is 0.868. The predicted molar refractivity (Wildman–Crippen MR) is 71.8 cm³/mol. The third kappa shape index (κ3) is 4.73. The molecule has 4 nitrogen and oxygen atoms in total.